The molecule has 2 N–H and O–H groups in total. The summed E-state index contributed by atoms with van der Waals surface area (Å²) in [6, 6.07) is 0. The van der Waals surface area contributed by atoms with Crippen molar-refractivity contribution in [3.63, 3.8) is 0 Å². The number of hydrogen-bond donors (Lipinski definition) is 2. The lowest BCUT2D eigenvalue weighted by atomic mass is 9.81. The molecule has 0 spiro atoms. The van der Waals surface area contributed by atoms with Crippen molar-refractivity contribution in [3.8, 4) is 0 Å². The molecule has 3 nitrogen and oxygen atoms in total. The summed E-state index contributed by atoms with van der Waals surface area (Å²) in [5, 5.41) is 18.8. The first-order valence-electron chi connectivity index (χ1n) is 10.1. The van der Waals surface area contributed by atoms with E-state index >= 15 is 0 Å². The summed E-state index contributed by atoms with van der Waals surface area (Å²) in [5.74, 6) is 0.720. The van der Waals surface area contributed by atoms with E-state index in [4.69, 9.17) is 5.11 Å². The minimum atomic E-state index is -0.755. The van der Waals surface area contributed by atoms with Gasteiger partial charge in [0.1, 0.15) is 0 Å². The lowest BCUT2D eigenvalue weighted by Gasteiger charge is -2.24. The summed E-state index contributed by atoms with van der Waals surface area (Å²) < 4.78 is 0. The van der Waals surface area contributed by atoms with Gasteiger partial charge in [0, 0.05) is 6.42 Å². The van der Waals surface area contributed by atoms with E-state index in [1.807, 2.05) is 6.08 Å². The fourth-order valence-corrected chi connectivity index (χ4v) is 4.21. The normalized spacial score (nSPS) is 24.1. The lowest BCUT2D eigenvalue weighted by molar-refractivity contribution is -0.137. The zero-order valence-electron chi connectivity index (χ0n) is 15.6. The molecule has 140 valence electrons. The van der Waals surface area contributed by atoms with Crippen LogP contribution in [0.5, 0.6) is 0 Å². The number of carboxylic acids is 1. The molecule has 0 heterocycles. The summed E-state index contributed by atoms with van der Waals surface area (Å²) in [6.45, 7) is 2.25. The molecule has 2 rings (SSSR count). The molecule has 0 aliphatic heterocycles. The number of aliphatic hydroxyl groups is 1. The Bertz CT molecular complexity index is 515. The van der Waals surface area contributed by atoms with Crippen LogP contribution in [-0.2, 0) is 4.79 Å². The van der Waals surface area contributed by atoms with E-state index in [-0.39, 0.29) is 6.42 Å². The Morgan fingerprint density at radius 2 is 2.04 bits per heavy atom. The van der Waals surface area contributed by atoms with Crippen molar-refractivity contribution in [2.45, 2.75) is 83.7 Å². The highest BCUT2D eigenvalue weighted by Crippen LogP contribution is 2.46. The third kappa shape index (κ3) is 6.47. The molecule has 2 aliphatic carbocycles. The first-order chi connectivity index (χ1) is 12.1. The predicted octanol–water partition coefficient (Wildman–Crippen LogP) is 5.41. The summed E-state index contributed by atoms with van der Waals surface area (Å²) >= 11 is 0. The number of unbranched alkanes of at least 4 members (excludes halogenated alkanes) is 3. The third-order valence-electron chi connectivity index (χ3n) is 5.62. The number of hydrogen-bond acceptors (Lipinski definition) is 2. The molecule has 2 aliphatic rings. The van der Waals surface area contributed by atoms with Crippen LogP contribution >= 0.6 is 0 Å². The van der Waals surface area contributed by atoms with E-state index in [1.54, 1.807) is 5.57 Å². The second kappa shape index (κ2) is 10.6. The van der Waals surface area contributed by atoms with Crippen molar-refractivity contribution in [2.75, 3.05) is 0 Å². The average Bonchev–Trinajstić information content (AvgIpc) is 2.95. The van der Waals surface area contributed by atoms with E-state index in [9.17, 15) is 9.90 Å². The average molecular weight is 347 g/mol. The predicted molar refractivity (Wildman–Crippen MR) is 102 cm³/mol. The standard InChI is InChI=1S/C22H34O3/c1-2-3-4-11-21-18(16-17-9-5-7-12-20(17)21)14-15-19(23)10-6-8-13-22(24)25/h5,7,14-15,17,19-20,23H,2-4,6,8-13,16H2,1H3,(H,24,25). The summed E-state index contributed by atoms with van der Waals surface area (Å²) in [7, 11) is 0. The van der Waals surface area contributed by atoms with Gasteiger partial charge in [-0.3, -0.25) is 4.79 Å². The molecule has 0 aromatic carbocycles. The van der Waals surface area contributed by atoms with Gasteiger partial charge in [0.15, 0.2) is 0 Å². The van der Waals surface area contributed by atoms with Crippen molar-refractivity contribution in [1.82, 2.24) is 0 Å². The lowest BCUT2D eigenvalue weighted by Crippen LogP contribution is -2.13. The minimum Gasteiger partial charge on any atom is -0.481 e. The van der Waals surface area contributed by atoms with Crippen LogP contribution in [0.1, 0.15) is 77.6 Å². The monoisotopic (exact) mass is 346 g/mol. The van der Waals surface area contributed by atoms with Gasteiger partial charge in [0.2, 0.25) is 0 Å². The van der Waals surface area contributed by atoms with Gasteiger partial charge in [0.25, 0.3) is 0 Å². The van der Waals surface area contributed by atoms with Crippen LogP contribution < -0.4 is 0 Å². The van der Waals surface area contributed by atoms with E-state index in [1.165, 1.54) is 44.1 Å². The van der Waals surface area contributed by atoms with Crippen LogP contribution in [0, 0.1) is 11.8 Å². The number of aliphatic carboxylic acids is 1. The van der Waals surface area contributed by atoms with Crippen LogP contribution in [0.3, 0.4) is 0 Å². The van der Waals surface area contributed by atoms with E-state index in [0.717, 1.165) is 18.8 Å². The summed E-state index contributed by atoms with van der Waals surface area (Å²) in [5.41, 5.74) is 3.09. The smallest absolute Gasteiger partial charge is 0.303 e. The van der Waals surface area contributed by atoms with Crippen LogP contribution in [0.25, 0.3) is 0 Å². The molecular weight excluding hydrogens is 312 g/mol. The van der Waals surface area contributed by atoms with Gasteiger partial charge >= 0.3 is 5.97 Å². The fourth-order valence-electron chi connectivity index (χ4n) is 4.21. The molecule has 0 aromatic rings. The first-order valence-corrected chi connectivity index (χ1v) is 10.1. The van der Waals surface area contributed by atoms with Crippen molar-refractivity contribution >= 4 is 5.97 Å². The maximum atomic E-state index is 10.5. The number of carboxylic acid groups (broad SMARTS) is 1. The minimum absolute atomic E-state index is 0.194. The molecule has 0 bridgehead atoms. The largest absolute Gasteiger partial charge is 0.481 e. The van der Waals surface area contributed by atoms with Gasteiger partial charge in [-0.15, -0.1) is 0 Å². The molecule has 25 heavy (non-hydrogen) atoms. The second-order valence-electron chi connectivity index (χ2n) is 7.59. The molecule has 0 saturated heterocycles. The Morgan fingerprint density at radius 3 is 2.80 bits per heavy atom. The zero-order valence-corrected chi connectivity index (χ0v) is 15.6. The van der Waals surface area contributed by atoms with Crippen LogP contribution in [0.2, 0.25) is 0 Å². The van der Waals surface area contributed by atoms with E-state index < -0.39 is 12.1 Å². The maximum Gasteiger partial charge on any atom is 0.303 e. The molecule has 0 saturated carbocycles. The van der Waals surface area contributed by atoms with Crippen LogP contribution in [-0.4, -0.2) is 22.3 Å². The van der Waals surface area contributed by atoms with E-state index in [2.05, 4.69) is 25.2 Å². The maximum absolute atomic E-state index is 10.5. The number of rotatable bonds is 11. The Morgan fingerprint density at radius 1 is 1.24 bits per heavy atom. The van der Waals surface area contributed by atoms with Crippen molar-refractivity contribution < 1.29 is 15.0 Å². The van der Waals surface area contributed by atoms with Crippen LogP contribution in [0.15, 0.2) is 35.5 Å². The highest BCUT2D eigenvalue weighted by atomic mass is 16.4. The van der Waals surface area contributed by atoms with Gasteiger partial charge in [0.05, 0.1) is 6.10 Å². The molecule has 3 atom stereocenters. The molecule has 0 amide bonds. The van der Waals surface area contributed by atoms with Gasteiger partial charge < -0.3 is 10.2 Å². The molecule has 3 unspecified atom stereocenters. The Hall–Kier alpha value is -1.35. The molecule has 0 radical (unpaired) electrons. The van der Waals surface area contributed by atoms with Gasteiger partial charge in [-0.25, -0.2) is 0 Å². The SMILES string of the molecule is CCCCCC1=C(C=CC(O)CCCCC(=O)O)CC2CC=CCC12. The fraction of sp³-hybridized carbons (Fsp3) is 0.682. The second-order valence-corrected chi connectivity index (χ2v) is 7.59. The highest BCUT2D eigenvalue weighted by molar-refractivity contribution is 5.66. The van der Waals surface area contributed by atoms with Crippen LogP contribution in [0.4, 0.5) is 0 Å². The summed E-state index contributed by atoms with van der Waals surface area (Å²) in [6.07, 6.45) is 19.1. The summed E-state index contributed by atoms with van der Waals surface area (Å²) in [4.78, 5) is 10.5. The number of carbonyl (C=O) groups is 1. The van der Waals surface area contributed by atoms with Crippen molar-refractivity contribution in [3.05, 3.63) is 35.5 Å². The first kappa shape index (κ1) is 20.0. The van der Waals surface area contributed by atoms with Crippen molar-refractivity contribution in [2.24, 2.45) is 11.8 Å². The van der Waals surface area contributed by atoms with Crippen molar-refractivity contribution in [1.29, 1.82) is 0 Å². The molecule has 0 fully saturated rings. The molecule has 3 heteroatoms. The van der Waals surface area contributed by atoms with E-state index in [0.29, 0.717) is 18.8 Å². The highest BCUT2D eigenvalue weighted by Gasteiger charge is 2.33. The molecular formula is C22H34O3. The number of allylic oxidation sites excluding steroid dienone is 5. The Balaban J connectivity index is 1.90. The number of aliphatic hydroxyl groups excluding tert-OH is 1. The van der Waals surface area contributed by atoms with Gasteiger partial charge in [-0.1, -0.05) is 49.6 Å². The topological polar surface area (TPSA) is 57.5 Å². The quantitative estimate of drug-likeness (QED) is 0.388. The van der Waals surface area contributed by atoms with Gasteiger partial charge in [-0.05, 0) is 68.8 Å². The Labute approximate surface area is 152 Å². The number of fused-ring (bicyclic) bond motifs is 1. The third-order valence-corrected chi connectivity index (χ3v) is 5.62. The van der Waals surface area contributed by atoms with Gasteiger partial charge in [-0.2, -0.15) is 0 Å². The zero-order chi connectivity index (χ0) is 18.1. The molecule has 0 aromatic heterocycles. The Kier molecular flexibility index (Phi) is 8.47.